The molecule has 3 rings (SSSR count). The summed E-state index contributed by atoms with van der Waals surface area (Å²) in [5.74, 6) is -0.873. The van der Waals surface area contributed by atoms with Crippen molar-refractivity contribution in [1.82, 2.24) is 0 Å². The first-order valence-corrected chi connectivity index (χ1v) is 9.30. The first-order valence-electron chi connectivity index (χ1n) is 9.30. The summed E-state index contributed by atoms with van der Waals surface area (Å²) >= 11 is 0. The van der Waals surface area contributed by atoms with Gasteiger partial charge in [0.05, 0.1) is 12.5 Å². The van der Waals surface area contributed by atoms with Crippen LogP contribution in [0.3, 0.4) is 0 Å². The van der Waals surface area contributed by atoms with Crippen LogP contribution in [0.2, 0.25) is 0 Å². The lowest BCUT2D eigenvalue weighted by atomic mass is 9.77. The van der Waals surface area contributed by atoms with E-state index in [2.05, 4.69) is 0 Å². The molecule has 0 spiro atoms. The summed E-state index contributed by atoms with van der Waals surface area (Å²) in [6, 6.07) is 21.6. The van der Waals surface area contributed by atoms with Crippen LogP contribution in [0.25, 0.3) is 0 Å². The van der Waals surface area contributed by atoms with Crippen molar-refractivity contribution < 1.29 is 19.7 Å². The Balaban J connectivity index is 2.17. The van der Waals surface area contributed by atoms with Crippen molar-refractivity contribution in [2.75, 3.05) is 6.61 Å². The van der Waals surface area contributed by atoms with Gasteiger partial charge >= 0.3 is 5.97 Å². The number of carbonyl (C=O) groups is 1. The van der Waals surface area contributed by atoms with Gasteiger partial charge in [-0.15, -0.1) is 0 Å². The highest BCUT2D eigenvalue weighted by molar-refractivity contribution is 5.80. The Bertz CT molecular complexity index is 867. The molecule has 0 bridgehead atoms. The average Bonchev–Trinajstić information content (AvgIpc) is 2.69. The van der Waals surface area contributed by atoms with E-state index < -0.39 is 5.92 Å². The van der Waals surface area contributed by atoms with Crippen molar-refractivity contribution in [1.29, 1.82) is 0 Å². The van der Waals surface area contributed by atoms with E-state index in [1.54, 1.807) is 31.2 Å². The predicted molar refractivity (Wildman–Crippen MR) is 109 cm³/mol. The molecule has 0 radical (unpaired) electrons. The molecule has 0 heterocycles. The molecule has 0 aliphatic carbocycles. The standard InChI is InChI=1S/C24H24O4/c1-3-28-24(27)23(19-6-4-16(2)5-7-19)22(17-8-12-20(25)13-9-17)18-10-14-21(26)15-11-18/h4-15,22-23,25-26H,3H2,1-2H3. The molecule has 144 valence electrons. The summed E-state index contributed by atoms with van der Waals surface area (Å²) in [5, 5.41) is 19.4. The van der Waals surface area contributed by atoms with Crippen LogP contribution in [-0.4, -0.2) is 22.8 Å². The van der Waals surface area contributed by atoms with Crippen LogP contribution in [0.1, 0.15) is 41.0 Å². The molecule has 1 atom stereocenters. The number of hydrogen-bond donors (Lipinski definition) is 2. The zero-order valence-corrected chi connectivity index (χ0v) is 16.0. The molecule has 3 aromatic rings. The van der Waals surface area contributed by atoms with Gasteiger partial charge in [0.25, 0.3) is 0 Å². The van der Waals surface area contributed by atoms with Crippen molar-refractivity contribution in [2.45, 2.75) is 25.7 Å². The topological polar surface area (TPSA) is 66.8 Å². The molecule has 2 N–H and O–H groups in total. The monoisotopic (exact) mass is 376 g/mol. The van der Waals surface area contributed by atoms with Gasteiger partial charge in [-0.3, -0.25) is 4.79 Å². The van der Waals surface area contributed by atoms with E-state index in [4.69, 9.17) is 4.74 Å². The Morgan fingerprint density at radius 2 is 1.21 bits per heavy atom. The van der Waals surface area contributed by atoms with Crippen LogP contribution in [0.5, 0.6) is 11.5 Å². The molecule has 4 heteroatoms. The predicted octanol–water partition coefficient (Wildman–Crippen LogP) is 4.89. The lowest BCUT2D eigenvalue weighted by Gasteiger charge is -2.27. The smallest absolute Gasteiger partial charge is 0.314 e. The molecule has 0 saturated carbocycles. The molecule has 0 aromatic heterocycles. The lowest BCUT2D eigenvalue weighted by molar-refractivity contribution is -0.145. The largest absolute Gasteiger partial charge is 0.508 e. The molecule has 0 saturated heterocycles. The normalized spacial score (nSPS) is 12.0. The maximum atomic E-state index is 13.0. The number of hydrogen-bond acceptors (Lipinski definition) is 4. The summed E-state index contributed by atoms with van der Waals surface area (Å²) in [7, 11) is 0. The summed E-state index contributed by atoms with van der Waals surface area (Å²) in [5.41, 5.74) is 3.72. The third-order valence-corrected chi connectivity index (χ3v) is 4.81. The maximum Gasteiger partial charge on any atom is 0.314 e. The molecule has 1 unspecified atom stereocenters. The second-order valence-electron chi connectivity index (χ2n) is 6.80. The van der Waals surface area contributed by atoms with Gasteiger partial charge in [-0.25, -0.2) is 0 Å². The van der Waals surface area contributed by atoms with Crippen LogP contribution in [0.4, 0.5) is 0 Å². The number of aryl methyl sites for hydroxylation is 1. The van der Waals surface area contributed by atoms with Gasteiger partial charge in [-0.05, 0) is 54.8 Å². The molecular weight excluding hydrogens is 352 g/mol. The molecular formula is C24H24O4. The Morgan fingerprint density at radius 1 is 0.786 bits per heavy atom. The minimum atomic E-state index is -0.561. The Morgan fingerprint density at radius 3 is 1.64 bits per heavy atom. The fourth-order valence-electron chi connectivity index (χ4n) is 3.41. The number of benzene rings is 3. The third kappa shape index (κ3) is 4.34. The summed E-state index contributed by atoms with van der Waals surface area (Å²) in [6.45, 7) is 4.08. The minimum absolute atomic E-state index is 0.163. The fraction of sp³-hybridized carbons (Fsp3) is 0.208. The van der Waals surface area contributed by atoms with Crippen molar-refractivity contribution in [3.8, 4) is 11.5 Å². The molecule has 28 heavy (non-hydrogen) atoms. The highest BCUT2D eigenvalue weighted by Crippen LogP contribution is 2.40. The molecule has 0 aliphatic rings. The van der Waals surface area contributed by atoms with Gasteiger partial charge in [0.2, 0.25) is 0 Å². The van der Waals surface area contributed by atoms with Crippen molar-refractivity contribution in [2.24, 2.45) is 0 Å². The van der Waals surface area contributed by atoms with Gasteiger partial charge in [0.1, 0.15) is 11.5 Å². The molecule has 0 fully saturated rings. The average molecular weight is 376 g/mol. The van der Waals surface area contributed by atoms with E-state index in [-0.39, 0.29) is 23.4 Å². The first kappa shape index (κ1) is 19.5. The summed E-state index contributed by atoms with van der Waals surface area (Å²) < 4.78 is 5.42. The number of ether oxygens (including phenoxy) is 1. The van der Waals surface area contributed by atoms with Gasteiger partial charge in [0.15, 0.2) is 0 Å². The zero-order valence-electron chi connectivity index (χ0n) is 16.0. The molecule has 3 aromatic carbocycles. The van der Waals surface area contributed by atoms with Crippen LogP contribution in [0.15, 0.2) is 72.8 Å². The second kappa shape index (κ2) is 8.61. The SMILES string of the molecule is CCOC(=O)C(c1ccc(C)cc1)C(c1ccc(O)cc1)c1ccc(O)cc1. The first-order chi connectivity index (χ1) is 13.5. The number of phenolic OH excluding ortho intramolecular Hbond substituents is 2. The van der Waals surface area contributed by atoms with Gasteiger partial charge in [0, 0.05) is 5.92 Å². The van der Waals surface area contributed by atoms with E-state index in [1.165, 1.54) is 0 Å². The Kier molecular flexibility index (Phi) is 5.99. The Labute approximate surface area is 165 Å². The van der Waals surface area contributed by atoms with E-state index in [9.17, 15) is 15.0 Å². The zero-order chi connectivity index (χ0) is 20.1. The third-order valence-electron chi connectivity index (χ3n) is 4.81. The van der Waals surface area contributed by atoms with E-state index in [1.807, 2.05) is 55.5 Å². The van der Waals surface area contributed by atoms with E-state index in [0.29, 0.717) is 6.61 Å². The van der Waals surface area contributed by atoms with E-state index >= 15 is 0 Å². The molecule has 0 amide bonds. The van der Waals surface area contributed by atoms with Crippen LogP contribution >= 0.6 is 0 Å². The van der Waals surface area contributed by atoms with Crippen LogP contribution < -0.4 is 0 Å². The maximum absolute atomic E-state index is 13.0. The molecule has 0 aliphatic heterocycles. The highest BCUT2D eigenvalue weighted by Gasteiger charge is 2.33. The number of rotatable bonds is 6. The molecule has 4 nitrogen and oxygen atoms in total. The van der Waals surface area contributed by atoms with Crippen molar-refractivity contribution >= 4 is 5.97 Å². The quantitative estimate of drug-likeness (QED) is 0.602. The second-order valence-corrected chi connectivity index (χ2v) is 6.80. The minimum Gasteiger partial charge on any atom is -0.508 e. The van der Waals surface area contributed by atoms with Gasteiger partial charge < -0.3 is 14.9 Å². The van der Waals surface area contributed by atoms with Gasteiger partial charge in [-0.2, -0.15) is 0 Å². The van der Waals surface area contributed by atoms with Crippen molar-refractivity contribution in [3.05, 3.63) is 95.1 Å². The van der Waals surface area contributed by atoms with E-state index in [0.717, 1.165) is 22.3 Å². The number of phenols is 2. The number of aromatic hydroxyl groups is 2. The Hall–Kier alpha value is -3.27. The number of carbonyl (C=O) groups excluding carboxylic acids is 1. The lowest BCUT2D eigenvalue weighted by Crippen LogP contribution is -2.24. The van der Waals surface area contributed by atoms with Crippen LogP contribution in [0, 0.1) is 6.92 Å². The highest BCUT2D eigenvalue weighted by atomic mass is 16.5. The summed E-state index contributed by atoms with van der Waals surface area (Å²) in [4.78, 5) is 13.0. The van der Waals surface area contributed by atoms with Crippen molar-refractivity contribution in [3.63, 3.8) is 0 Å². The van der Waals surface area contributed by atoms with Gasteiger partial charge in [-0.1, -0.05) is 54.1 Å². The number of esters is 1. The van der Waals surface area contributed by atoms with Crippen LogP contribution in [-0.2, 0) is 9.53 Å². The summed E-state index contributed by atoms with van der Waals surface area (Å²) in [6.07, 6.45) is 0. The fourth-order valence-corrected chi connectivity index (χ4v) is 3.41.